The Labute approximate surface area is 374 Å². The molecular weight excluding hydrogens is 775 g/mol. The summed E-state index contributed by atoms with van der Waals surface area (Å²) >= 11 is 0. The summed E-state index contributed by atoms with van der Waals surface area (Å²) in [5, 5.41) is 0. The van der Waals surface area contributed by atoms with Crippen molar-refractivity contribution in [1.29, 1.82) is 0 Å². The highest BCUT2D eigenvalue weighted by molar-refractivity contribution is 5.89. The van der Waals surface area contributed by atoms with Gasteiger partial charge in [0, 0.05) is 28.3 Å². The third-order valence-electron chi connectivity index (χ3n) is 12.0. The van der Waals surface area contributed by atoms with E-state index in [4.69, 9.17) is 4.98 Å². The summed E-state index contributed by atoms with van der Waals surface area (Å²) in [5.74, 6) is 0.929. The SMILES string of the molecule is c1ccc(-c2ccc(N(c3ccc(-c4cccc(-c5ccccc5)c4)cc3)c3ccc(-c4cccc(-c5ccc6nc(-c7ccccc7)n(-c7ccccc7)c6c5)c4)cc3)cc2)cc1. The lowest BCUT2D eigenvalue weighted by Gasteiger charge is -2.26. The number of fused-ring (bicyclic) bond motifs is 1. The van der Waals surface area contributed by atoms with Gasteiger partial charge in [0.1, 0.15) is 5.82 Å². The predicted molar refractivity (Wildman–Crippen MR) is 268 cm³/mol. The number of rotatable bonds is 10. The number of hydrogen-bond acceptors (Lipinski definition) is 2. The molecule has 0 bridgehead atoms. The first-order chi connectivity index (χ1) is 31.7. The van der Waals surface area contributed by atoms with Gasteiger partial charge in [0.05, 0.1) is 11.0 Å². The third-order valence-corrected chi connectivity index (χ3v) is 12.0. The molecule has 0 N–H and O–H groups in total. The van der Waals surface area contributed by atoms with Crippen LogP contribution >= 0.6 is 0 Å². The fourth-order valence-electron chi connectivity index (χ4n) is 8.75. The molecule has 302 valence electrons. The van der Waals surface area contributed by atoms with Gasteiger partial charge in [-0.2, -0.15) is 0 Å². The van der Waals surface area contributed by atoms with E-state index in [-0.39, 0.29) is 0 Å². The van der Waals surface area contributed by atoms with Crippen LogP contribution in [-0.2, 0) is 0 Å². The zero-order valence-electron chi connectivity index (χ0n) is 35.2. The molecule has 10 aromatic carbocycles. The van der Waals surface area contributed by atoms with Gasteiger partial charge in [-0.25, -0.2) is 4.98 Å². The number of para-hydroxylation sites is 1. The van der Waals surface area contributed by atoms with Crippen molar-refractivity contribution in [1.82, 2.24) is 9.55 Å². The Balaban J connectivity index is 0.928. The number of imidazole rings is 1. The average Bonchev–Trinajstić information content (AvgIpc) is 3.77. The molecule has 0 aliphatic carbocycles. The zero-order chi connectivity index (χ0) is 42.7. The summed E-state index contributed by atoms with van der Waals surface area (Å²) in [5.41, 5.74) is 19.3. The van der Waals surface area contributed by atoms with Gasteiger partial charge >= 0.3 is 0 Å². The lowest BCUT2D eigenvalue weighted by Crippen LogP contribution is -2.09. The molecule has 0 atom stereocenters. The molecule has 0 fully saturated rings. The number of aromatic nitrogens is 2. The molecular formula is C61H43N3. The first-order valence-electron chi connectivity index (χ1n) is 21.8. The highest BCUT2D eigenvalue weighted by atomic mass is 15.1. The van der Waals surface area contributed by atoms with Crippen molar-refractivity contribution in [2.75, 3.05) is 4.90 Å². The highest BCUT2D eigenvalue weighted by Gasteiger charge is 2.17. The molecule has 0 amide bonds. The first-order valence-corrected chi connectivity index (χ1v) is 21.8. The summed E-state index contributed by atoms with van der Waals surface area (Å²) in [6, 6.07) is 93.1. The van der Waals surface area contributed by atoms with Crippen molar-refractivity contribution < 1.29 is 0 Å². The number of hydrogen-bond donors (Lipinski definition) is 0. The highest BCUT2D eigenvalue weighted by Crippen LogP contribution is 2.39. The minimum absolute atomic E-state index is 0.929. The van der Waals surface area contributed by atoms with Gasteiger partial charge in [-0.1, -0.05) is 188 Å². The van der Waals surface area contributed by atoms with Crippen LogP contribution < -0.4 is 4.90 Å². The molecule has 0 radical (unpaired) electrons. The summed E-state index contributed by atoms with van der Waals surface area (Å²) in [6.45, 7) is 0. The average molecular weight is 818 g/mol. The van der Waals surface area contributed by atoms with Gasteiger partial charge in [0.25, 0.3) is 0 Å². The first kappa shape index (κ1) is 38.4. The molecule has 64 heavy (non-hydrogen) atoms. The van der Waals surface area contributed by atoms with Crippen LogP contribution in [0, 0.1) is 0 Å². The Bertz CT molecular complexity index is 3320. The molecule has 11 aromatic rings. The predicted octanol–water partition coefficient (Wildman–Crippen LogP) is 16.5. The fraction of sp³-hybridized carbons (Fsp3) is 0. The van der Waals surface area contributed by atoms with Gasteiger partial charge in [0.15, 0.2) is 0 Å². The Morgan fingerprint density at radius 1 is 0.266 bits per heavy atom. The van der Waals surface area contributed by atoms with Crippen LogP contribution in [0.3, 0.4) is 0 Å². The van der Waals surface area contributed by atoms with E-state index < -0.39 is 0 Å². The molecule has 3 heteroatoms. The van der Waals surface area contributed by atoms with Crippen LogP contribution in [0.15, 0.2) is 261 Å². The maximum Gasteiger partial charge on any atom is 0.145 e. The van der Waals surface area contributed by atoms with E-state index in [1.54, 1.807) is 0 Å². The second kappa shape index (κ2) is 17.1. The maximum atomic E-state index is 5.13. The molecule has 3 nitrogen and oxygen atoms in total. The molecule has 11 rings (SSSR count). The summed E-state index contributed by atoms with van der Waals surface area (Å²) < 4.78 is 2.27. The van der Waals surface area contributed by atoms with Gasteiger partial charge in [-0.15, -0.1) is 0 Å². The molecule has 0 saturated carbocycles. The molecule has 0 aliphatic rings. The largest absolute Gasteiger partial charge is 0.311 e. The summed E-state index contributed by atoms with van der Waals surface area (Å²) in [6.07, 6.45) is 0. The number of anilines is 3. The van der Waals surface area contributed by atoms with Gasteiger partial charge < -0.3 is 4.90 Å². The van der Waals surface area contributed by atoms with Crippen LogP contribution in [0.1, 0.15) is 0 Å². The summed E-state index contributed by atoms with van der Waals surface area (Å²) in [7, 11) is 0. The van der Waals surface area contributed by atoms with Crippen LogP contribution in [-0.4, -0.2) is 9.55 Å². The van der Waals surface area contributed by atoms with Gasteiger partial charge in [-0.05, 0) is 128 Å². The van der Waals surface area contributed by atoms with Crippen LogP contribution in [0.2, 0.25) is 0 Å². The third kappa shape index (κ3) is 7.68. The second-order valence-electron chi connectivity index (χ2n) is 16.0. The minimum atomic E-state index is 0.929. The van der Waals surface area contributed by atoms with Crippen LogP contribution in [0.25, 0.3) is 83.7 Å². The smallest absolute Gasteiger partial charge is 0.145 e. The van der Waals surface area contributed by atoms with E-state index in [9.17, 15) is 0 Å². The Kier molecular flexibility index (Phi) is 10.3. The van der Waals surface area contributed by atoms with E-state index >= 15 is 0 Å². The second-order valence-corrected chi connectivity index (χ2v) is 16.0. The van der Waals surface area contributed by atoms with E-state index in [1.165, 1.54) is 33.4 Å². The number of benzene rings is 10. The fourth-order valence-corrected chi connectivity index (χ4v) is 8.75. The quantitative estimate of drug-likeness (QED) is 0.137. The van der Waals surface area contributed by atoms with Gasteiger partial charge in [0.2, 0.25) is 0 Å². The monoisotopic (exact) mass is 817 g/mol. The molecule has 0 unspecified atom stereocenters. The molecule has 0 spiro atoms. The zero-order valence-corrected chi connectivity index (χ0v) is 35.2. The van der Waals surface area contributed by atoms with E-state index in [2.05, 4.69) is 264 Å². The van der Waals surface area contributed by atoms with Crippen LogP contribution in [0.4, 0.5) is 17.1 Å². The Hall–Kier alpha value is -8.53. The lowest BCUT2D eigenvalue weighted by atomic mass is 9.98. The van der Waals surface area contributed by atoms with Crippen molar-refractivity contribution in [2.45, 2.75) is 0 Å². The standard InChI is InChI=1S/C61H43N3/c1-5-15-44(16-6-1)46-27-34-56(35-28-46)63(57-36-29-47(30-37-57)51-22-13-21-50(41-51)45-17-7-2-8-18-45)58-38-31-48(32-39-58)52-23-14-24-53(42-52)54-33-40-59-60(43-54)64(55-25-11-4-12-26-55)61(62-59)49-19-9-3-10-20-49/h1-43H. The minimum Gasteiger partial charge on any atom is -0.311 e. The summed E-state index contributed by atoms with van der Waals surface area (Å²) in [4.78, 5) is 7.48. The van der Waals surface area contributed by atoms with Crippen molar-refractivity contribution in [3.05, 3.63) is 261 Å². The molecule has 0 aliphatic heterocycles. The maximum absolute atomic E-state index is 5.13. The topological polar surface area (TPSA) is 21.1 Å². The Morgan fingerprint density at radius 2 is 0.594 bits per heavy atom. The van der Waals surface area contributed by atoms with Crippen molar-refractivity contribution in [3.8, 4) is 72.7 Å². The lowest BCUT2D eigenvalue weighted by molar-refractivity contribution is 1.10. The molecule has 1 heterocycles. The van der Waals surface area contributed by atoms with Crippen LogP contribution in [0.5, 0.6) is 0 Å². The van der Waals surface area contributed by atoms with Crippen molar-refractivity contribution >= 4 is 28.1 Å². The van der Waals surface area contributed by atoms with Crippen molar-refractivity contribution in [2.24, 2.45) is 0 Å². The molecule has 0 saturated heterocycles. The number of nitrogens with zero attached hydrogens (tertiary/aromatic N) is 3. The Morgan fingerprint density at radius 3 is 1.06 bits per heavy atom. The molecule has 1 aromatic heterocycles. The van der Waals surface area contributed by atoms with E-state index in [0.29, 0.717) is 0 Å². The van der Waals surface area contributed by atoms with E-state index in [0.717, 1.165) is 67.4 Å². The van der Waals surface area contributed by atoms with Gasteiger partial charge in [-0.3, -0.25) is 4.57 Å². The normalized spacial score (nSPS) is 11.1. The van der Waals surface area contributed by atoms with Crippen molar-refractivity contribution in [3.63, 3.8) is 0 Å². The van der Waals surface area contributed by atoms with E-state index in [1.807, 2.05) is 6.07 Å².